The molecular formula is C19H19FN2O3. The molecule has 0 aliphatic carbocycles. The fraction of sp³-hybridized carbons (Fsp3) is 0.263. The van der Waals surface area contributed by atoms with Gasteiger partial charge in [-0.3, -0.25) is 4.79 Å². The van der Waals surface area contributed by atoms with E-state index in [0.717, 1.165) is 0 Å². The van der Waals surface area contributed by atoms with Crippen molar-refractivity contribution in [2.24, 2.45) is 0 Å². The first-order valence-electron chi connectivity index (χ1n) is 7.75. The minimum atomic E-state index is -0.764. The maximum absolute atomic E-state index is 13.8. The average molecular weight is 342 g/mol. The van der Waals surface area contributed by atoms with Gasteiger partial charge in [0.05, 0.1) is 24.8 Å². The number of halogens is 1. The van der Waals surface area contributed by atoms with Crippen molar-refractivity contribution < 1.29 is 18.7 Å². The summed E-state index contributed by atoms with van der Waals surface area (Å²) in [6.45, 7) is 3.36. The van der Waals surface area contributed by atoms with Crippen LogP contribution < -0.4 is 14.8 Å². The molecule has 0 bridgehead atoms. The van der Waals surface area contributed by atoms with Crippen molar-refractivity contribution >= 4 is 5.91 Å². The number of amides is 1. The number of methoxy groups -OCH3 is 1. The summed E-state index contributed by atoms with van der Waals surface area (Å²) in [5, 5.41) is 11.7. The fourth-order valence-electron chi connectivity index (χ4n) is 2.26. The van der Waals surface area contributed by atoms with Gasteiger partial charge in [-0.2, -0.15) is 5.26 Å². The third-order valence-corrected chi connectivity index (χ3v) is 3.68. The zero-order valence-electron chi connectivity index (χ0n) is 14.2. The summed E-state index contributed by atoms with van der Waals surface area (Å²) in [6.07, 6.45) is -0.764. The van der Waals surface area contributed by atoms with Gasteiger partial charge in [0, 0.05) is 0 Å². The summed E-state index contributed by atoms with van der Waals surface area (Å²) in [7, 11) is 1.39. The highest BCUT2D eigenvalue weighted by Crippen LogP contribution is 2.22. The molecule has 1 amide bonds. The fourth-order valence-corrected chi connectivity index (χ4v) is 2.26. The van der Waals surface area contributed by atoms with Gasteiger partial charge in [-0.1, -0.05) is 12.1 Å². The Hall–Kier alpha value is -3.07. The largest absolute Gasteiger partial charge is 0.494 e. The van der Waals surface area contributed by atoms with Crippen molar-refractivity contribution in [3.05, 3.63) is 59.4 Å². The van der Waals surface area contributed by atoms with Crippen molar-refractivity contribution in [3.8, 4) is 17.6 Å². The third kappa shape index (κ3) is 4.70. The van der Waals surface area contributed by atoms with Crippen LogP contribution in [0.15, 0.2) is 42.5 Å². The lowest BCUT2D eigenvalue weighted by Crippen LogP contribution is -2.37. The summed E-state index contributed by atoms with van der Waals surface area (Å²) in [5.74, 6) is -0.244. The number of ether oxygens (including phenoxy) is 2. The summed E-state index contributed by atoms with van der Waals surface area (Å²) in [4.78, 5) is 12.3. The number of rotatable bonds is 6. The Morgan fingerprint density at radius 3 is 2.64 bits per heavy atom. The summed E-state index contributed by atoms with van der Waals surface area (Å²) in [5.41, 5.74) is 1.07. The minimum Gasteiger partial charge on any atom is -0.494 e. The van der Waals surface area contributed by atoms with E-state index in [1.165, 1.54) is 19.2 Å². The van der Waals surface area contributed by atoms with Crippen molar-refractivity contribution in [2.75, 3.05) is 7.11 Å². The second kappa shape index (κ2) is 8.15. The van der Waals surface area contributed by atoms with Crippen LogP contribution in [0, 0.1) is 17.1 Å². The number of hydrogen-bond donors (Lipinski definition) is 1. The molecule has 0 radical (unpaired) electrons. The second-order valence-electron chi connectivity index (χ2n) is 5.52. The highest BCUT2D eigenvalue weighted by atomic mass is 19.1. The smallest absolute Gasteiger partial charge is 0.261 e. The van der Waals surface area contributed by atoms with Crippen molar-refractivity contribution in [3.63, 3.8) is 0 Å². The quantitative estimate of drug-likeness (QED) is 0.874. The number of nitrogens with zero attached hydrogens (tertiary/aromatic N) is 1. The molecule has 2 atom stereocenters. The second-order valence-corrected chi connectivity index (χ2v) is 5.52. The molecule has 0 spiro atoms. The normalized spacial score (nSPS) is 12.6. The number of benzene rings is 2. The minimum absolute atomic E-state index is 0.149. The van der Waals surface area contributed by atoms with Gasteiger partial charge in [0.25, 0.3) is 5.91 Å². The van der Waals surface area contributed by atoms with Crippen LogP contribution in [-0.4, -0.2) is 19.1 Å². The monoisotopic (exact) mass is 342 g/mol. The first-order valence-corrected chi connectivity index (χ1v) is 7.75. The standard InChI is InChI=1S/C19H19FN2O3/c1-12(15-7-8-18(24-3)17(20)10-15)22-19(23)13(2)25-16-6-4-5-14(9-16)11-21/h4-10,12-13H,1-3H3,(H,22,23). The SMILES string of the molecule is COc1ccc(C(C)NC(=O)C(C)Oc2cccc(C#N)c2)cc1F. The molecule has 2 aromatic rings. The molecule has 0 saturated carbocycles. The molecule has 0 aliphatic rings. The van der Waals surface area contributed by atoms with Crippen molar-refractivity contribution in [2.45, 2.75) is 26.0 Å². The molecule has 0 aliphatic heterocycles. The van der Waals surface area contributed by atoms with Crippen LogP contribution in [0.1, 0.15) is 31.0 Å². The van der Waals surface area contributed by atoms with E-state index in [4.69, 9.17) is 14.7 Å². The molecule has 130 valence electrons. The van der Waals surface area contributed by atoms with E-state index >= 15 is 0 Å². The van der Waals surface area contributed by atoms with Gasteiger partial charge in [0.2, 0.25) is 0 Å². The molecule has 2 unspecified atom stereocenters. The Balaban J connectivity index is 2.00. The van der Waals surface area contributed by atoms with E-state index in [-0.39, 0.29) is 11.7 Å². The first-order chi connectivity index (χ1) is 11.9. The van der Waals surface area contributed by atoms with Gasteiger partial charge in [-0.25, -0.2) is 4.39 Å². The Morgan fingerprint density at radius 1 is 1.24 bits per heavy atom. The van der Waals surface area contributed by atoms with Gasteiger partial charge in [-0.05, 0) is 49.7 Å². The van der Waals surface area contributed by atoms with Crippen LogP contribution in [0.3, 0.4) is 0 Å². The Bertz CT molecular complexity index is 801. The number of nitrogens with one attached hydrogen (secondary N) is 1. The topological polar surface area (TPSA) is 71.3 Å². The maximum Gasteiger partial charge on any atom is 0.261 e. The van der Waals surface area contributed by atoms with E-state index in [0.29, 0.717) is 16.9 Å². The Kier molecular flexibility index (Phi) is 5.96. The molecule has 0 fully saturated rings. The van der Waals surface area contributed by atoms with E-state index in [1.807, 2.05) is 6.07 Å². The van der Waals surface area contributed by atoms with Crippen LogP contribution in [-0.2, 0) is 4.79 Å². The van der Waals surface area contributed by atoms with E-state index in [1.54, 1.807) is 44.2 Å². The van der Waals surface area contributed by atoms with Gasteiger partial charge in [0.15, 0.2) is 17.7 Å². The van der Waals surface area contributed by atoms with Crippen LogP contribution in [0.4, 0.5) is 4.39 Å². The van der Waals surface area contributed by atoms with Gasteiger partial charge < -0.3 is 14.8 Å². The van der Waals surface area contributed by atoms with Crippen LogP contribution in [0.2, 0.25) is 0 Å². The number of nitriles is 1. The average Bonchev–Trinajstić information content (AvgIpc) is 2.61. The van der Waals surface area contributed by atoms with Crippen molar-refractivity contribution in [1.29, 1.82) is 5.26 Å². The molecule has 6 heteroatoms. The highest BCUT2D eigenvalue weighted by Gasteiger charge is 2.18. The van der Waals surface area contributed by atoms with Crippen LogP contribution >= 0.6 is 0 Å². The Labute approximate surface area is 146 Å². The molecule has 0 heterocycles. The lowest BCUT2D eigenvalue weighted by Gasteiger charge is -2.19. The lowest BCUT2D eigenvalue weighted by molar-refractivity contribution is -0.127. The Morgan fingerprint density at radius 2 is 2.00 bits per heavy atom. The molecular weight excluding hydrogens is 323 g/mol. The molecule has 5 nitrogen and oxygen atoms in total. The molecule has 0 saturated heterocycles. The lowest BCUT2D eigenvalue weighted by atomic mass is 10.1. The van der Waals surface area contributed by atoms with Crippen LogP contribution in [0.25, 0.3) is 0 Å². The predicted molar refractivity (Wildman–Crippen MR) is 90.8 cm³/mol. The summed E-state index contributed by atoms with van der Waals surface area (Å²) < 4.78 is 24.2. The molecule has 2 rings (SSSR count). The maximum atomic E-state index is 13.8. The number of carbonyl (C=O) groups is 1. The van der Waals surface area contributed by atoms with Gasteiger partial charge in [0.1, 0.15) is 5.75 Å². The van der Waals surface area contributed by atoms with Gasteiger partial charge in [-0.15, -0.1) is 0 Å². The van der Waals surface area contributed by atoms with Gasteiger partial charge >= 0.3 is 0 Å². The number of hydrogen-bond acceptors (Lipinski definition) is 4. The highest BCUT2D eigenvalue weighted by molar-refractivity contribution is 5.81. The number of carbonyl (C=O) groups excluding carboxylic acids is 1. The van der Waals surface area contributed by atoms with Crippen LogP contribution in [0.5, 0.6) is 11.5 Å². The molecule has 25 heavy (non-hydrogen) atoms. The molecule has 1 N–H and O–H groups in total. The zero-order chi connectivity index (χ0) is 18.4. The third-order valence-electron chi connectivity index (χ3n) is 3.68. The molecule has 2 aromatic carbocycles. The van der Waals surface area contributed by atoms with E-state index in [2.05, 4.69) is 5.32 Å². The summed E-state index contributed by atoms with van der Waals surface area (Å²) in [6, 6.07) is 12.7. The van der Waals surface area contributed by atoms with E-state index in [9.17, 15) is 9.18 Å². The molecule has 0 aromatic heterocycles. The first kappa shape index (κ1) is 18.3. The van der Waals surface area contributed by atoms with E-state index < -0.39 is 18.0 Å². The predicted octanol–water partition coefficient (Wildman–Crippen LogP) is 3.35. The van der Waals surface area contributed by atoms with Crippen molar-refractivity contribution in [1.82, 2.24) is 5.32 Å². The zero-order valence-corrected chi connectivity index (χ0v) is 14.2. The summed E-state index contributed by atoms with van der Waals surface area (Å²) >= 11 is 0.